The van der Waals surface area contributed by atoms with Gasteiger partial charge in [0.25, 0.3) is 0 Å². The highest BCUT2D eigenvalue weighted by molar-refractivity contribution is 5.94. The number of nitrogen functional groups attached to an aromatic ring is 1. The number of nitrogens with zero attached hydrogens (tertiary/aromatic N) is 4. The molecule has 0 saturated heterocycles. The van der Waals surface area contributed by atoms with Gasteiger partial charge in [0.1, 0.15) is 11.8 Å². The van der Waals surface area contributed by atoms with Gasteiger partial charge in [0.2, 0.25) is 0 Å². The first-order chi connectivity index (χ1) is 12.1. The first-order valence-electron chi connectivity index (χ1n) is 7.99. The normalized spacial score (nSPS) is 11.4. The van der Waals surface area contributed by atoms with Crippen LogP contribution >= 0.6 is 0 Å². The number of imidazole rings is 1. The molecular formula is C18H19N7. The van der Waals surface area contributed by atoms with Crippen molar-refractivity contribution in [2.75, 3.05) is 5.73 Å². The molecule has 1 aromatic carbocycles. The fourth-order valence-electron chi connectivity index (χ4n) is 3.14. The highest BCUT2D eigenvalue weighted by atomic mass is 15.1. The van der Waals surface area contributed by atoms with Crippen molar-refractivity contribution in [1.82, 2.24) is 24.5 Å². The van der Waals surface area contributed by atoms with Gasteiger partial charge in [-0.2, -0.15) is 0 Å². The highest BCUT2D eigenvalue weighted by Crippen LogP contribution is 2.29. The van der Waals surface area contributed by atoms with Crippen LogP contribution in [-0.2, 0) is 13.1 Å². The summed E-state index contributed by atoms with van der Waals surface area (Å²) >= 11 is 0. The van der Waals surface area contributed by atoms with Crippen molar-refractivity contribution < 1.29 is 0 Å². The maximum absolute atomic E-state index is 5.87. The molecule has 0 aliphatic rings. The number of hydrogen-bond donors (Lipinski definition) is 3. The van der Waals surface area contributed by atoms with Gasteiger partial charge >= 0.3 is 0 Å². The van der Waals surface area contributed by atoms with Crippen molar-refractivity contribution in [3.05, 3.63) is 54.3 Å². The van der Waals surface area contributed by atoms with E-state index >= 15 is 0 Å². The monoisotopic (exact) mass is 333 g/mol. The molecule has 4 aromatic rings. The fourth-order valence-corrected chi connectivity index (χ4v) is 3.14. The predicted octanol–water partition coefficient (Wildman–Crippen LogP) is 2.43. The van der Waals surface area contributed by atoms with Crippen molar-refractivity contribution >= 4 is 33.5 Å². The van der Waals surface area contributed by atoms with E-state index in [1.807, 2.05) is 11.5 Å². The molecule has 3 aromatic heterocycles. The van der Waals surface area contributed by atoms with E-state index in [0.717, 1.165) is 38.9 Å². The Balaban J connectivity index is 1.86. The first kappa shape index (κ1) is 15.3. The van der Waals surface area contributed by atoms with Crippen molar-refractivity contribution in [1.29, 1.82) is 0 Å². The zero-order valence-corrected chi connectivity index (χ0v) is 14.0. The van der Waals surface area contributed by atoms with Crippen LogP contribution in [0.4, 0.5) is 5.82 Å². The second-order valence-electron chi connectivity index (χ2n) is 6.14. The van der Waals surface area contributed by atoms with Gasteiger partial charge in [-0.25, -0.2) is 15.0 Å². The third-order valence-electron chi connectivity index (χ3n) is 4.39. The average Bonchev–Trinajstić information content (AvgIpc) is 3.20. The summed E-state index contributed by atoms with van der Waals surface area (Å²) in [5.41, 5.74) is 18.3. The molecule has 0 aliphatic heterocycles. The second kappa shape index (κ2) is 5.71. The molecule has 7 heteroatoms. The van der Waals surface area contributed by atoms with E-state index in [1.54, 1.807) is 6.33 Å². The number of nitrogens with one attached hydrogen (secondary N) is 1. The van der Waals surface area contributed by atoms with E-state index in [2.05, 4.69) is 44.7 Å². The lowest BCUT2D eigenvalue weighted by Gasteiger charge is -2.09. The molecule has 0 unspecified atom stereocenters. The number of allylic oxidation sites excluding steroid dienone is 1. The summed E-state index contributed by atoms with van der Waals surface area (Å²) < 4.78 is 1.96. The number of aromatic nitrogens is 5. The average molecular weight is 333 g/mol. The van der Waals surface area contributed by atoms with Gasteiger partial charge in [0, 0.05) is 17.6 Å². The fraction of sp³-hybridized carbons (Fsp3) is 0.167. The molecule has 0 amide bonds. The van der Waals surface area contributed by atoms with Crippen molar-refractivity contribution in [2.45, 2.75) is 20.0 Å². The van der Waals surface area contributed by atoms with Crippen LogP contribution in [0.3, 0.4) is 0 Å². The molecular weight excluding hydrogens is 314 g/mol. The number of fused-ring (bicyclic) bond motifs is 2. The Kier molecular flexibility index (Phi) is 3.51. The number of rotatable bonds is 4. The summed E-state index contributed by atoms with van der Waals surface area (Å²) in [6, 6.07) is 6.28. The van der Waals surface area contributed by atoms with Gasteiger partial charge in [0.05, 0.1) is 18.4 Å². The van der Waals surface area contributed by atoms with Crippen LogP contribution in [0.5, 0.6) is 0 Å². The van der Waals surface area contributed by atoms with E-state index in [1.165, 1.54) is 6.33 Å². The van der Waals surface area contributed by atoms with Crippen LogP contribution < -0.4 is 11.5 Å². The largest absolute Gasteiger partial charge is 0.382 e. The molecule has 0 spiro atoms. The standard InChI is InChI=1S/C18H19N7/c1-10(2)13-4-3-11(15-14(13)5-12(6-19)24-15)7-25-9-23-16-17(20)21-8-22-18(16)25/h3-5,8-9,24H,1,6-7,19H2,2H3,(H2,20,21,22). The van der Waals surface area contributed by atoms with E-state index in [4.69, 9.17) is 11.5 Å². The van der Waals surface area contributed by atoms with Crippen molar-refractivity contribution in [3.63, 3.8) is 0 Å². The molecule has 0 atom stereocenters. The summed E-state index contributed by atoms with van der Waals surface area (Å²) in [6.07, 6.45) is 3.19. The number of hydrogen-bond acceptors (Lipinski definition) is 5. The van der Waals surface area contributed by atoms with E-state index in [0.29, 0.717) is 24.4 Å². The van der Waals surface area contributed by atoms with Gasteiger partial charge in [-0.15, -0.1) is 0 Å². The third-order valence-corrected chi connectivity index (χ3v) is 4.39. The zero-order chi connectivity index (χ0) is 17.6. The smallest absolute Gasteiger partial charge is 0.165 e. The topological polar surface area (TPSA) is 111 Å². The summed E-state index contributed by atoms with van der Waals surface area (Å²) in [5.74, 6) is 0.386. The Morgan fingerprint density at radius 3 is 2.88 bits per heavy atom. The number of nitrogens with two attached hydrogens (primary N) is 2. The van der Waals surface area contributed by atoms with Gasteiger partial charge in [-0.05, 0) is 24.1 Å². The Labute approximate surface area is 144 Å². The maximum Gasteiger partial charge on any atom is 0.165 e. The van der Waals surface area contributed by atoms with Crippen LogP contribution in [0.15, 0.2) is 37.4 Å². The lowest BCUT2D eigenvalue weighted by Crippen LogP contribution is -2.02. The maximum atomic E-state index is 5.87. The molecule has 0 bridgehead atoms. The Morgan fingerprint density at radius 1 is 1.28 bits per heavy atom. The number of aromatic amines is 1. The van der Waals surface area contributed by atoms with Crippen molar-refractivity contribution in [3.8, 4) is 0 Å². The van der Waals surface area contributed by atoms with Crippen LogP contribution in [0.1, 0.15) is 23.7 Å². The highest BCUT2D eigenvalue weighted by Gasteiger charge is 2.13. The predicted molar refractivity (Wildman–Crippen MR) is 99.7 cm³/mol. The number of benzene rings is 1. The minimum Gasteiger partial charge on any atom is -0.382 e. The third kappa shape index (κ3) is 2.45. The van der Waals surface area contributed by atoms with Crippen LogP contribution in [0, 0.1) is 0 Å². The summed E-state index contributed by atoms with van der Waals surface area (Å²) in [7, 11) is 0. The number of H-pyrrole nitrogens is 1. The SMILES string of the molecule is C=C(C)c1ccc(Cn2cnc3c(N)ncnc32)c2[nH]c(CN)cc12. The van der Waals surface area contributed by atoms with E-state index < -0.39 is 0 Å². The lowest BCUT2D eigenvalue weighted by molar-refractivity contribution is 0.816. The van der Waals surface area contributed by atoms with E-state index in [-0.39, 0.29) is 0 Å². The first-order valence-corrected chi connectivity index (χ1v) is 7.99. The van der Waals surface area contributed by atoms with Crippen molar-refractivity contribution in [2.24, 2.45) is 5.73 Å². The van der Waals surface area contributed by atoms with Crippen LogP contribution in [0.25, 0.3) is 27.6 Å². The molecule has 7 nitrogen and oxygen atoms in total. The van der Waals surface area contributed by atoms with Crippen LogP contribution in [0.2, 0.25) is 0 Å². The second-order valence-corrected chi connectivity index (χ2v) is 6.14. The summed E-state index contributed by atoms with van der Waals surface area (Å²) in [4.78, 5) is 16.0. The summed E-state index contributed by atoms with van der Waals surface area (Å²) in [6.45, 7) is 7.16. The number of anilines is 1. The molecule has 0 fully saturated rings. The molecule has 5 N–H and O–H groups in total. The molecule has 0 saturated carbocycles. The minimum absolute atomic E-state index is 0.386. The Hall–Kier alpha value is -3.19. The van der Waals surface area contributed by atoms with Gasteiger partial charge < -0.3 is 21.0 Å². The Morgan fingerprint density at radius 2 is 2.12 bits per heavy atom. The molecule has 3 heterocycles. The zero-order valence-electron chi connectivity index (χ0n) is 14.0. The van der Waals surface area contributed by atoms with Crippen LogP contribution in [-0.4, -0.2) is 24.5 Å². The Bertz CT molecular complexity index is 1100. The van der Waals surface area contributed by atoms with E-state index in [9.17, 15) is 0 Å². The molecule has 0 radical (unpaired) electrons. The molecule has 4 rings (SSSR count). The molecule has 0 aliphatic carbocycles. The molecule has 126 valence electrons. The molecule has 25 heavy (non-hydrogen) atoms. The minimum atomic E-state index is 0.386. The van der Waals surface area contributed by atoms with Gasteiger partial charge in [0.15, 0.2) is 11.5 Å². The van der Waals surface area contributed by atoms with Gasteiger partial charge in [-0.3, -0.25) is 0 Å². The quantitative estimate of drug-likeness (QED) is 0.531. The van der Waals surface area contributed by atoms with Gasteiger partial charge in [-0.1, -0.05) is 24.3 Å². The lowest BCUT2D eigenvalue weighted by atomic mass is 10.0. The summed E-state index contributed by atoms with van der Waals surface area (Å²) in [5, 5.41) is 1.13.